The summed E-state index contributed by atoms with van der Waals surface area (Å²) in [5.41, 5.74) is 4.66. The highest BCUT2D eigenvalue weighted by Crippen LogP contribution is 2.27. The van der Waals surface area contributed by atoms with Gasteiger partial charge in [-0.2, -0.15) is 5.10 Å². The van der Waals surface area contributed by atoms with Gasteiger partial charge in [0, 0.05) is 37.4 Å². The molecule has 7 heteroatoms. The predicted octanol–water partition coefficient (Wildman–Crippen LogP) is 5.53. The molecular formula is C27H31N5OS. The quantitative estimate of drug-likeness (QED) is 0.320. The molecule has 0 spiro atoms. The third kappa shape index (κ3) is 5.66. The average Bonchev–Trinajstić information content (AvgIpc) is 3.58. The standard InChI is InChI=1S/C27H31N5OS/c1-33-26-11-6-9-23(17-26)19-31(18-22-8-5-10-25(16-22)32-15-7-12-28-32)27-29-24(21-34-27)20-30-13-3-2-4-14-30/h5-12,15-17,21H,2-4,13-14,18-20H2,1H3. The van der Waals surface area contributed by atoms with Crippen molar-refractivity contribution in [3.8, 4) is 11.4 Å². The summed E-state index contributed by atoms with van der Waals surface area (Å²) in [6.45, 7) is 4.84. The Hall–Kier alpha value is -3.16. The Bertz CT molecular complexity index is 1180. The first-order valence-corrected chi connectivity index (χ1v) is 12.8. The minimum Gasteiger partial charge on any atom is -0.497 e. The Labute approximate surface area is 205 Å². The van der Waals surface area contributed by atoms with E-state index in [0.717, 1.165) is 36.2 Å². The van der Waals surface area contributed by atoms with Crippen molar-refractivity contribution in [1.29, 1.82) is 0 Å². The molecule has 0 bridgehead atoms. The molecule has 0 unspecified atom stereocenters. The first kappa shape index (κ1) is 22.6. The van der Waals surface area contributed by atoms with Crippen LogP contribution in [0.3, 0.4) is 0 Å². The smallest absolute Gasteiger partial charge is 0.186 e. The minimum absolute atomic E-state index is 0.764. The SMILES string of the molecule is COc1cccc(CN(Cc2cccc(-n3cccn3)c2)c2nc(CN3CCCCC3)cs2)c1. The van der Waals surface area contributed by atoms with Gasteiger partial charge < -0.3 is 9.64 Å². The van der Waals surface area contributed by atoms with Gasteiger partial charge in [0.15, 0.2) is 5.13 Å². The third-order valence-corrected chi connectivity index (χ3v) is 7.16. The highest BCUT2D eigenvalue weighted by molar-refractivity contribution is 7.13. The van der Waals surface area contributed by atoms with Crippen LogP contribution in [0.2, 0.25) is 0 Å². The van der Waals surface area contributed by atoms with Crippen LogP contribution in [-0.4, -0.2) is 39.9 Å². The largest absolute Gasteiger partial charge is 0.497 e. The van der Waals surface area contributed by atoms with Crippen molar-refractivity contribution < 1.29 is 4.74 Å². The summed E-state index contributed by atoms with van der Waals surface area (Å²) in [4.78, 5) is 9.96. The maximum absolute atomic E-state index is 5.46. The van der Waals surface area contributed by atoms with Gasteiger partial charge in [0.1, 0.15) is 5.75 Å². The van der Waals surface area contributed by atoms with Gasteiger partial charge in [-0.15, -0.1) is 11.3 Å². The molecule has 0 saturated carbocycles. The maximum atomic E-state index is 5.46. The molecule has 0 N–H and O–H groups in total. The lowest BCUT2D eigenvalue weighted by Gasteiger charge is -2.25. The fourth-order valence-electron chi connectivity index (χ4n) is 4.48. The van der Waals surface area contributed by atoms with Gasteiger partial charge in [0.25, 0.3) is 0 Å². The molecular weight excluding hydrogens is 442 g/mol. The van der Waals surface area contributed by atoms with E-state index < -0.39 is 0 Å². The van der Waals surface area contributed by atoms with Gasteiger partial charge in [0.05, 0.1) is 18.5 Å². The van der Waals surface area contributed by atoms with Crippen LogP contribution < -0.4 is 9.64 Å². The fourth-order valence-corrected chi connectivity index (χ4v) is 5.30. The Morgan fingerprint density at radius 1 is 0.971 bits per heavy atom. The van der Waals surface area contributed by atoms with E-state index in [-0.39, 0.29) is 0 Å². The Morgan fingerprint density at radius 2 is 1.76 bits per heavy atom. The zero-order valence-corrected chi connectivity index (χ0v) is 20.5. The number of hydrogen-bond donors (Lipinski definition) is 0. The van der Waals surface area contributed by atoms with Crippen LogP contribution in [0.5, 0.6) is 5.75 Å². The van der Waals surface area contributed by atoms with Crippen LogP contribution in [0.4, 0.5) is 5.13 Å². The number of likely N-dealkylation sites (tertiary alicyclic amines) is 1. The number of piperidine rings is 1. The van der Waals surface area contributed by atoms with Crippen LogP contribution in [-0.2, 0) is 19.6 Å². The normalized spacial score (nSPS) is 14.3. The molecule has 34 heavy (non-hydrogen) atoms. The van der Waals surface area contributed by atoms with E-state index in [1.165, 1.54) is 49.2 Å². The summed E-state index contributed by atoms with van der Waals surface area (Å²) >= 11 is 1.74. The van der Waals surface area contributed by atoms with E-state index in [2.05, 4.69) is 56.7 Å². The topological polar surface area (TPSA) is 46.4 Å². The third-order valence-electron chi connectivity index (χ3n) is 6.20. The summed E-state index contributed by atoms with van der Waals surface area (Å²) in [5.74, 6) is 0.878. The number of rotatable bonds is 9. The summed E-state index contributed by atoms with van der Waals surface area (Å²) < 4.78 is 7.36. The zero-order chi connectivity index (χ0) is 23.2. The lowest BCUT2D eigenvalue weighted by atomic mass is 10.1. The van der Waals surface area contributed by atoms with Gasteiger partial charge in [-0.1, -0.05) is 30.7 Å². The molecule has 2 aromatic heterocycles. The predicted molar refractivity (Wildman–Crippen MR) is 138 cm³/mol. The van der Waals surface area contributed by atoms with E-state index in [1.807, 2.05) is 29.1 Å². The van der Waals surface area contributed by atoms with Crippen molar-refractivity contribution in [2.24, 2.45) is 0 Å². The van der Waals surface area contributed by atoms with E-state index in [1.54, 1.807) is 24.6 Å². The minimum atomic E-state index is 0.764. The number of aromatic nitrogens is 3. The van der Waals surface area contributed by atoms with Crippen molar-refractivity contribution in [3.63, 3.8) is 0 Å². The van der Waals surface area contributed by atoms with Gasteiger partial charge in [-0.3, -0.25) is 4.90 Å². The molecule has 3 heterocycles. The second-order valence-corrected chi connectivity index (χ2v) is 9.62. The first-order chi connectivity index (χ1) is 16.8. The molecule has 1 saturated heterocycles. The van der Waals surface area contributed by atoms with Crippen LogP contribution in [0, 0.1) is 0 Å². The molecule has 0 amide bonds. The number of benzene rings is 2. The van der Waals surface area contributed by atoms with E-state index >= 15 is 0 Å². The number of methoxy groups -OCH3 is 1. The Kier molecular flexibility index (Phi) is 7.22. The van der Waals surface area contributed by atoms with Crippen molar-refractivity contribution in [2.75, 3.05) is 25.1 Å². The fraction of sp³-hybridized carbons (Fsp3) is 0.333. The highest BCUT2D eigenvalue weighted by Gasteiger charge is 2.17. The molecule has 1 aliphatic heterocycles. The lowest BCUT2D eigenvalue weighted by molar-refractivity contribution is 0.219. The van der Waals surface area contributed by atoms with Crippen LogP contribution in [0.1, 0.15) is 36.1 Å². The molecule has 1 aliphatic rings. The number of ether oxygens (including phenoxy) is 1. The highest BCUT2D eigenvalue weighted by atomic mass is 32.1. The van der Waals surface area contributed by atoms with Crippen LogP contribution in [0.15, 0.2) is 72.4 Å². The van der Waals surface area contributed by atoms with E-state index in [9.17, 15) is 0 Å². The number of thiazole rings is 1. The molecule has 0 atom stereocenters. The maximum Gasteiger partial charge on any atom is 0.186 e. The molecule has 6 nitrogen and oxygen atoms in total. The first-order valence-electron chi connectivity index (χ1n) is 11.9. The Morgan fingerprint density at radius 3 is 2.53 bits per heavy atom. The van der Waals surface area contributed by atoms with Crippen LogP contribution in [0.25, 0.3) is 5.69 Å². The second kappa shape index (κ2) is 10.8. The summed E-state index contributed by atoms with van der Waals surface area (Å²) in [5, 5.41) is 7.66. The molecule has 5 rings (SSSR count). The molecule has 0 radical (unpaired) electrons. The average molecular weight is 474 g/mol. The Balaban J connectivity index is 1.39. The van der Waals surface area contributed by atoms with Crippen molar-refractivity contribution in [1.82, 2.24) is 19.7 Å². The van der Waals surface area contributed by atoms with Gasteiger partial charge in [0.2, 0.25) is 0 Å². The second-order valence-electron chi connectivity index (χ2n) is 8.79. The monoisotopic (exact) mass is 473 g/mol. The number of hydrogen-bond acceptors (Lipinski definition) is 6. The molecule has 0 aliphatic carbocycles. The van der Waals surface area contributed by atoms with Crippen molar-refractivity contribution in [3.05, 3.63) is 89.2 Å². The van der Waals surface area contributed by atoms with Gasteiger partial charge in [-0.25, -0.2) is 9.67 Å². The molecule has 2 aromatic carbocycles. The van der Waals surface area contributed by atoms with Gasteiger partial charge >= 0.3 is 0 Å². The van der Waals surface area contributed by atoms with Crippen LogP contribution >= 0.6 is 11.3 Å². The summed E-state index contributed by atoms with van der Waals surface area (Å²) in [6, 6.07) is 18.8. The van der Waals surface area contributed by atoms with Crippen molar-refractivity contribution >= 4 is 16.5 Å². The van der Waals surface area contributed by atoms with E-state index in [0.29, 0.717) is 0 Å². The van der Waals surface area contributed by atoms with Gasteiger partial charge in [-0.05, 0) is 67.4 Å². The molecule has 4 aromatic rings. The summed E-state index contributed by atoms with van der Waals surface area (Å²) in [7, 11) is 1.71. The number of anilines is 1. The summed E-state index contributed by atoms with van der Waals surface area (Å²) in [6.07, 6.45) is 7.73. The lowest BCUT2D eigenvalue weighted by Crippen LogP contribution is -2.29. The number of nitrogens with zero attached hydrogens (tertiary/aromatic N) is 5. The van der Waals surface area contributed by atoms with E-state index in [4.69, 9.17) is 9.72 Å². The molecule has 176 valence electrons. The molecule has 1 fully saturated rings. The van der Waals surface area contributed by atoms with Crippen molar-refractivity contribution in [2.45, 2.75) is 38.9 Å². The zero-order valence-electron chi connectivity index (χ0n) is 19.6.